The molecule has 0 amide bonds. The van der Waals surface area contributed by atoms with Crippen molar-refractivity contribution in [1.29, 1.82) is 0 Å². The quantitative estimate of drug-likeness (QED) is 0.229. The van der Waals surface area contributed by atoms with Crippen molar-refractivity contribution in [3.05, 3.63) is 41.0 Å². The summed E-state index contributed by atoms with van der Waals surface area (Å²) in [5, 5.41) is 0. The highest BCUT2D eigenvalue weighted by Crippen LogP contribution is 2.59. The molecule has 2 saturated heterocycles. The molecule has 1 aromatic carbocycles. The molecular formula is C30H44O6. The highest BCUT2D eigenvalue weighted by atomic mass is 16.6. The van der Waals surface area contributed by atoms with E-state index in [4.69, 9.17) is 23.7 Å². The van der Waals surface area contributed by atoms with Gasteiger partial charge in [-0.3, -0.25) is 4.79 Å². The lowest BCUT2D eigenvalue weighted by Gasteiger charge is -2.42. The molecular weight excluding hydrogens is 456 g/mol. The van der Waals surface area contributed by atoms with E-state index in [1.165, 1.54) is 11.1 Å². The molecule has 0 bridgehead atoms. The predicted octanol–water partition coefficient (Wildman–Crippen LogP) is 5.45. The molecule has 1 aromatic rings. The van der Waals surface area contributed by atoms with Crippen LogP contribution >= 0.6 is 0 Å². The summed E-state index contributed by atoms with van der Waals surface area (Å²) >= 11 is 0. The zero-order valence-electron chi connectivity index (χ0n) is 23.1. The average Bonchev–Trinajstić information content (AvgIpc) is 3.74. The SMILES string of the molecule is COc1ccc(CCC(=O)O[C@@H]2CC[C@]3(CO3)[C@@H](C3(C)OC3CC=C(C)C)[C@@H]2OC)cc1CC(C)C. The molecule has 2 aliphatic heterocycles. The molecule has 1 saturated carbocycles. The zero-order valence-corrected chi connectivity index (χ0v) is 23.1. The van der Waals surface area contributed by atoms with Crippen molar-refractivity contribution in [2.45, 2.75) is 103 Å². The van der Waals surface area contributed by atoms with E-state index >= 15 is 0 Å². The van der Waals surface area contributed by atoms with E-state index in [-0.39, 0.29) is 41.4 Å². The highest BCUT2D eigenvalue weighted by Gasteiger charge is 2.72. The summed E-state index contributed by atoms with van der Waals surface area (Å²) in [4.78, 5) is 12.9. The number of hydrogen-bond acceptors (Lipinski definition) is 6. The first kappa shape index (κ1) is 27.2. The Hall–Kier alpha value is -1.89. The third-order valence-electron chi connectivity index (χ3n) is 8.11. The Balaban J connectivity index is 1.39. The number of allylic oxidation sites excluding steroid dienone is 1. The fourth-order valence-corrected chi connectivity index (χ4v) is 6.13. The smallest absolute Gasteiger partial charge is 0.306 e. The second kappa shape index (κ2) is 10.8. The van der Waals surface area contributed by atoms with Crippen LogP contribution in [0.5, 0.6) is 5.75 Å². The topological polar surface area (TPSA) is 69.8 Å². The second-order valence-electron chi connectivity index (χ2n) is 11.7. The Kier molecular flexibility index (Phi) is 8.18. The lowest BCUT2D eigenvalue weighted by atomic mass is 9.68. The Bertz CT molecular complexity index is 960. The van der Waals surface area contributed by atoms with E-state index in [9.17, 15) is 4.79 Å². The summed E-state index contributed by atoms with van der Waals surface area (Å²) in [6.45, 7) is 11.5. The maximum absolute atomic E-state index is 12.9. The largest absolute Gasteiger partial charge is 0.496 e. The molecule has 0 aromatic heterocycles. The van der Waals surface area contributed by atoms with Crippen LogP contribution in [0.2, 0.25) is 0 Å². The van der Waals surface area contributed by atoms with Gasteiger partial charge in [0.25, 0.3) is 0 Å². The first-order chi connectivity index (χ1) is 17.1. The van der Waals surface area contributed by atoms with Crippen LogP contribution in [0.15, 0.2) is 29.8 Å². The third kappa shape index (κ3) is 5.81. The molecule has 200 valence electrons. The molecule has 1 aliphatic carbocycles. The average molecular weight is 501 g/mol. The molecule has 36 heavy (non-hydrogen) atoms. The second-order valence-corrected chi connectivity index (χ2v) is 11.7. The van der Waals surface area contributed by atoms with Crippen LogP contribution in [0, 0.1) is 11.8 Å². The number of methoxy groups -OCH3 is 2. The van der Waals surface area contributed by atoms with Crippen LogP contribution in [-0.4, -0.2) is 56.3 Å². The molecule has 3 fully saturated rings. The number of hydrogen-bond donors (Lipinski definition) is 0. The van der Waals surface area contributed by atoms with Gasteiger partial charge in [0.2, 0.25) is 0 Å². The van der Waals surface area contributed by atoms with Crippen LogP contribution in [0.1, 0.15) is 71.4 Å². The molecule has 6 atom stereocenters. The first-order valence-corrected chi connectivity index (χ1v) is 13.4. The minimum absolute atomic E-state index is 0.0392. The van der Waals surface area contributed by atoms with Gasteiger partial charge < -0.3 is 23.7 Å². The molecule has 1 spiro atoms. The normalized spacial score (nSPS) is 32.9. The van der Waals surface area contributed by atoms with Crippen molar-refractivity contribution in [3.63, 3.8) is 0 Å². The molecule has 6 nitrogen and oxygen atoms in total. The molecule has 3 aliphatic rings. The number of carbonyl (C=O) groups is 1. The Labute approximate surface area is 216 Å². The number of esters is 1. The summed E-state index contributed by atoms with van der Waals surface area (Å²) in [5.74, 6) is 1.29. The van der Waals surface area contributed by atoms with Gasteiger partial charge in [-0.2, -0.15) is 0 Å². The van der Waals surface area contributed by atoms with Gasteiger partial charge in [0, 0.05) is 13.5 Å². The van der Waals surface area contributed by atoms with E-state index in [1.807, 2.05) is 12.1 Å². The van der Waals surface area contributed by atoms with Crippen molar-refractivity contribution in [3.8, 4) is 5.75 Å². The molecule has 2 unspecified atom stereocenters. The van der Waals surface area contributed by atoms with E-state index in [2.05, 4.69) is 46.8 Å². The van der Waals surface area contributed by atoms with E-state index in [1.54, 1.807) is 14.2 Å². The van der Waals surface area contributed by atoms with Crippen LogP contribution < -0.4 is 4.74 Å². The van der Waals surface area contributed by atoms with Crippen molar-refractivity contribution >= 4 is 5.97 Å². The van der Waals surface area contributed by atoms with E-state index < -0.39 is 0 Å². The molecule has 2 heterocycles. The first-order valence-electron chi connectivity index (χ1n) is 13.4. The van der Waals surface area contributed by atoms with Crippen molar-refractivity contribution in [2.24, 2.45) is 11.8 Å². The summed E-state index contributed by atoms with van der Waals surface area (Å²) in [6.07, 6.45) is 6.24. The maximum atomic E-state index is 12.9. The van der Waals surface area contributed by atoms with E-state index in [0.29, 0.717) is 18.8 Å². The summed E-state index contributed by atoms with van der Waals surface area (Å²) in [6, 6.07) is 6.20. The van der Waals surface area contributed by atoms with Crippen molar-refractivity contribution in [1.82, 2.24) is 0 Å². The molecule has 0 radical (unpaired) electrons. The van der Waals surface area contributed by atoms with Crippen molar-refractivity contribution < 1.29 is 28.5 Å². The predicted molar refractivity (Wildman–Crippen MR) is 139 cm³/mol. The minimum atomic E-state index is -0.329. The number of aryl methyl sites for hydroxylation is 1. The molecule has 4 rings (SSSR count). The standard InChI is InChI=1S/C30H44O6/c1-19(2)8-12-25-29(5,36-25)28-27(33-7)24(14-15-30(28)18-34-30)35-26(31)13-10-21-9-11-23(32-6)22(17-21)16-20(3)4/h8-9,11,17,20,24-25,27-28H,10,12-16,18H2,1-7H3/t24-,25?,27-,28-,29?,30+/m1/s1. The fraction of sp³-hybridized carbons (Fsp3) is 0.700. The summed E-state index contributed by atoms with van der Waals surface area (Å²) < 4.78 is 29.9. The maximum Gasteiger partial charge on any atom is 0.306 e. The summed E-state index contributed by atoms with van der Waals surface area (Å²) in [5.41, 5.74) is 3.05. The monoisotopic (exact) mass is 500 g/mol. The van der Waals surface area contributed by atoms with Gasteiger partial charge in [-0.1, -0.05) is 37.6 Å². The molecule has 6 heteroatoms. The number of epoxide rings is 2. The van der Waals surface area contributed by atoms with Gasteiger partial charge >= 0.3 is 5.97 Å². The van der Waals surface area contributed by atoms with Gasteiger partial charge in [0.05, 0.1) is 25.7 Å². The zero-order chi connectivity index (χ0) is 26.1. The third-order valence-corrected chi connectivity index (χ3v) is 8.11. The number of carbonyl (C=O) groups excluding carboxylic acids is 1. The van der Waals surface area contributed by atoms with E-state index in [0.717, 1.165) is 43.6 Å². The number of benzene rings is 1. The van der Waals surface area contributed by atoms with Gasteiger partial charge in [-0.15, -0.1) is 0 Å². The summed E-state index contributed by atoms with van der Waals surface area (Å²) in [7, 11) is 3.41. The number of ether oxygens (including phenoxy) is 5. The fourth-order valence-electron chi connectivity index (χ4n) is 6.13. The molecule has 0 N–H and O–H groups in total. The van der Waals surface area contributed by atoms with Gasteiger partial charge in [-0.25, -0.2) is 0 Å². The Morgan fingerprint density at radius 3 is 2.61 bits per heavy atom. The lowest BCUT2D eigenvalue weighted by molar-refractivity contribution is -0.171. The van der Waals surface area contributed by atoms with Gasteiger partial charge in [0.15, 0.2) is 0 Å². The van der Waals surface area contributed by atoms with Gasteiger partial charge in [-0.05, 0) is 76.0 Å². The van der Waals surface area contributed by atoms with Crippen LogP contribution in [0.25, 0.3) is 0 Å². The lowest BCUT2D eigenvalue weighted by Crippen LogP contribution is -2.55. The number of rotatable bonds is 11. The van der Waals surface area contributed by atoms with Crippen molar-refractivity contribution in [2.75, 3.05) is 20.8 Å². The minimum Gasteiger partial charge on any atom is -0.496 e. The highest BCUT2D eigenvalue weighted by molar-refractivity contribution is 5.70. The van der Waals surface area contributed by atoms with Crippen LogP contribution in [0.4, 0.5) is 0 Å². The van der Waals surface area contributed by atoms with Gasteiger partial charge in [0.1, 0.15) is 29.2 Å². The van der Waals surface area contributed by atoms with Crippen LogP contribution in [-0.2, 0) is 36.6 Å². The Morgan fingerprint density at radius 1 is 1.25 bits per heavy atom. The van der Waals surface area contributed by atoms with Crippen LogP contribution in [0.3, 0.4) is 0 Å². The Morgan fingerprint density at radius 2 is 2.00 bits per heavy atom.